The van der Waals surface area contributed by atoms with Crippen LogP contribution in [0.4, 0.5) is 0 Å². The van der Waals surface area contributed by atoms with Crippen LogP contribution >= 0.6 is 15.9 Å². The molecule has 0 rings (SSSR count). The van der Waals surface area contributed by atoms with Crippen molar-refractivity contribution in [1.82, 2.24) is 4.90 Å². The van der Waals surface area contributed by atoms with E-state index in [-0.39, 0.29) is 12.6 Å². The first kappa shape index (κ1) is 14.9. The molecule has 0 unspecified atom stereocenters. The van der Waals surface area contributed by atoms with Crippen LogP contribution < -0.4 is 0 Å². The third-order valence-corrected chi connectivity index (χ3v) is 2.61. The lowest BCUT2D eigenvalue weighted by Crippen LogP contribution is -2.30. The maximum absolute atomic E-state index is 11.1. The molecule has 4 nitrogen and oxygen atoms in total. The van der Waals surface area contributed by atoms with Gasteiger partial charge in [-0.2, -0.15) is 0 Å². The van der Waals surface area contributed by atoms with Gasteiger partial charge in [-0.3, -0.25) is 9.69 Å². The summed E-state index contributed by atoms with van der Waals surface area (Å²) in [6.45, 7) is 4.76. The van der Waals surface area contributed by atoms with Crippen molar-refractivity contribution in [2.75, 3.05) is 38.2 Å². The minimum absolute atomic E-state index is 0.144. The Bertz CT molecular complexity index is 167. The highest BCUT2D eigenvalue weighted by atomic mass is 79.9. The highest BCUT2D eigenvalue weighted by molar-refractivity contribution is 9.09. The minimum atomic E-state index is -0.144. The first-order valence-electron chi connectivity index (χ1n) is 5.29. The molecule has 0 fully saturated rings. The number of halogens is 1. The molecule has 0 radical (unpaired) electrons. The second kappa shape index (κ2) is 10.4. The molecule has 0 aromatic heterocycles. The van der Waals surface area contributed by atoms with E-state index in [0.717, 1.165) is 18.3 Å². The first-order valence-corrected chi connectivity index (χ1v) is 6.41. The van der Waals surface area contributed by atoms with Gasteiger partial charge in [0.1, 0.15) is 6.61 Å². The summed E-state index contributed by atoms with van der Waals surface area (Å²) < 4.78 is 5.04. The zero-order chi connectivity index (χ0) is 11.5. The second-order valence-electron chi connectivity index (χ2n) is 3.17. The average Bonchev–Trinajstić information content (AvgIpc) is 2.25. The van der Waals surface area contributed by atoms with Crippen LogP contribution in [-0.4, -0.2) is 54.2 Å². The fourth-order valence-electron chi connectivity index (χ4n) is 1.14. The lowest BCUT2D eigenvalue weighted by molar-refractivity contribution is -0.144. The molecular weight excluding hydrogens is 262 g/mol. The van der Waals surface area contributed by atoms with Crippen molar-refractivity contribution in [3.63, 3.8) is 0 Å². The molecule has 0 aliphatic rings. The summed E-state index contributed by atoms with van der Waals surface area (Å²) in [7, 11) is 0. The zero-order valence-electron chi connectivity index (χ0n) is 9.25. The van der Waals surface area contributed by atoms with E-state index >= 15 is 0 Å². The zero-order valence-corrected chi connectivity index (χ0v) is 10.8. The van der Waals surface area contributed by atoms with Gasteiger partial charge < -0.3 is 9.84 Å². The number of aliphatic hydroxyl groups is 1. The number of esters is 1. The normalized spacial score (nSPS) is 10.7. The number of aliphatic hydroxyl groups excluding tert-OH is 1. The molecule has 0 saturated heterocycles. The minimum Gasteiger partial charge on any atom is -0.464 e. The highest BCUT2D eigenvalue weighted by Crippen LogP contribution is 1.96. The number of carbonyl (C=O) groups excluding carboxylic acids is 1. The van der Waals surface area contributed by atoms with Crippen LogP contribution in [0.5, 0.6) is 0 Å². The van der Waals surface area contributed by atoms with Crippen molar-refractivity contribution in [3.05, 3.63) is 0 Å². The van der Waals surface area contributed by atoms with E-state index in [1.807, 2.05) is 11.8 Å². The van der Waals surface area contributed by atoms with Gasteiger partial charge in [0.2, 0.25) is 0 Å². The van der Waals surface area contributed by atoms with Crippen LogP contribution in [0.1, 0.15) is 19.8 Å². The molecule has 0 aliphatic carbocycles. The summed E-state index contributed by atoms with van der Waals surface area (Å²) in [5.74, 6) is -0.144. The Labute approximate surface area is 99.7 Å². The molecule has 0 heterocycles. The molecule has 0 atom stereocenters. The second-order valence-corrected chi connectivity index (χ2v) is 3.96. The number of hydrogen-bond donors (Lipinski definition) is 1. The molecule has 0 spiro atoms. The molecule has 0 saturated carbocycles. The average molecular weight is 282 g/mol. The topological polar surface area (TPSA) is 49.8 Å². The molecular formula is C10H20BrNO3. The summed E-state index contributed by atoms with van der Waals surface area (Å²) in [6, 6.07) is 0. The Morgan fingerprint density at radius 2 is 2.20 bits per heavy atom. The standard InChI is InChI=1S/C10H20BrNO3/c1-2-12(6-8-13)7-9-15-10(14)4-3-5-11/h13H,2-9H2,1H3. The third-order valence-electron chi connectivity index (χ3n) is 2.05. The summed E-state index contributed by atoms with van der Waals surface area (Å²) in [5.41, 5.74) is 0. The molecule has 0 aliphatic heterocycles. The van der Waals surface area contributed by atoms with Crippen LogP contribution in [0.3, 0.4) is 0 Å². The van der Waals surface area contributed by atoms with Crippen molar-refractivity contribution in [3.8, 4) is 0 Å². The van der Waals surface area contributed by atoms with E-state index in [2.05, 4.69) is 15.9 Å². The first-order chi connectivity index (χ1) is 7.24. The maximum Gasteiger partial charge on any atom is 0.305 e. The van der Waals surface area contributed by atoms with E-state index in [4.69, 9.17) is 9.84 Å². The Kier molecular flexibility index (Phi) is 10.3. The number of ether oxygens (including phenoxy) is 1. The quantitative estimate of drug-likeness (QED) is 0.507. The number of likely N-dealkylation sites (N-methyl/N-ethyl adjacent to an activating group) is 1. The van der Waals surface area contributed by atoms with Crippen molar-refractivity contribution in [2.24, 2.45) is 0 Å². The smallest absolute Gasteiger partial charge is 0.305 e. The van der Waals surface area contributed by atoms with Gasteiger partial charge in [0.15, 0.2) is 0 Å². The van der Waals surface area contributed by atoms with E-state index in [1.54, 1.807) is 0 Å². The molecule has 5 heteroatoms. The number of nitrogens with zero attached hydrogens (tertiary/aromatic N) is 1. The molecule has 0 amide bonds. The summed E-state index contributed by atoms with van der Waals surface area (Å²) in [4.78, 5) is 13.2. The fraction of sp³-hybridized carbons (Fsp3) is 0.900. The number of alkyl halides is 1. The van der Waals surface area contributed by atoms with Crippen LogP contribution in [-0.2, 0) is 9.53 Å². The van der Waals surface area contributed by atoms with Gasteiger partial charge in [-0.05, 0) is 13.0 Å². The molecule has 90 valence electrons. The van der Waals surface area contributed by atoms with Crippen molar-refractivity contribution in [1.29, 1.82) is 0 Å². The van der Waals surface area contributed by atoms with Crippen LogP contribution in [0.25, 0.3) is 0 Å². The van der Waals surface area contributed by atoms with E-state index in [1.165, 1.54) is 0 Å². The van der Waals surface area contributed by atoms with Crippen LogP contribution in [0.15, 0.2) is 0 Å². The maximum atomic E-state index is 11.1. The third kappa shape index (κ3) is 8.84. The molecule has 0 aromatic rings. The lowest BCUT2D eigenvalue weighted by Gasteiger charge is -2.18. The van der Waals surface area contributed by atoms with Crippen LogP contribution in [0, 0.1) is 0 Å². The molecule has 15 heavy (non-hydrogen) atoms. The molecule has 0 bridgehead atoms. The van der Waals surface area contributed by atoms with Gasteiger partial charge in [0.05, 0.1) is 6.61 Å². The van der Waals surface area contributed by atoms with Gasteiger partial charge in [-0.1, -0.05) is 22.9 Å². The van der Waals surface area contributed by atoms with Gasteiger partial charge in [-0.15, -0.1) is 0 Å². The van der Waals surface area contributed by atoms with Crippen molar-refractivity contribution >= 4 is 21.9 Å². The van der Waals surface area contributed by atoms with Gasteiger partial charge >= 0.3 is 5.97 Å². The predicted molar refractivity (Wildman–Crippen MR) is 63.2 cm³/mol. The summed E-state index contributed by atoms with van der Waals surface area (Å²) in [6.07, 6.45) is 1.28. The largest absolute Gasteiger partial charge is 0.464 e. The van der Waals surface area contributed by atoms with Gasteiger partial charge in [-0.25, -0.2) is 0 Å². The lowest BCUT2D eigenvalue weighted by atomic mass is 10.3. The number of rotatable bonds is 9. The van der Waals surface area contributed by atoms with E-state index in [9.17, 15) is 4.79 Å². The van der Waals surface area contributed by atoms with Gasteiger partial charge in [0.25, 0.3) is 0 Å². The Morgan fingerprint density at radius 1 is 1.47 bits per heavy atom. The summed E-state index contributed by atoms with van der Waals surface area (Å²) in [5, 5.41) is 9.56. The monoisotopic (exact) mass is 281 g/mol. The van der Waals surface area contributed by atoms with E-state index < -0.39 is 0 Å². The Hall–Kier alpha value is -0.130. The highest BCUT2D eigenvalue weighted by Gasteiger charge is 2.04. The van der Waals surface area contributed by atoms with Gasteiger partial charge in [0, 0.05) is 24.8 Å². The van der Waals surface area contributed by atoms with E-state index in [0.29, 0.717) is 26.1 Å². The number of hydrogen-bond acceptors (Lipinski definition) is 4. The summed E-state index contributed by atoms with van der Waals surface area (Å²) >= 11 is 3.26. The fourth-order valence-corrected chi connectivity index (χ4v) is 1.42. The van der Waals surface area contributed by atoms with Crippen molar-refractivity contribution < 1.29 is 14.6 Å². The molecule has 1 N–H and O–H groups in total. The molecule has 0 aromatic carbocycles. The SMILES string of the molecule is CCN(CCO)CCOC(=O)CCCBr. The predicted octanol–water partition coefficient (Wildman–Crippen LogP) is 1.02. The number of carbonyl (C=O) groups is 1. The Morgan fingerprint density at radius 3 is 2.73 bits per heavy atom. The Balaban J connectivity index is 3.45. The van der Waals surface area contributed by atoms with Crippen LogP contribution in [0.2, 0.25) is 0 Å². The van der Waals surface area contributed by atoms with Crippen molar-refractivity contribution in [2.45, 2.75) is 19.8 Å².